The summed E-state index contributed by atoms with van der Waals surface area (Å²) < 4.78 is 36.1. The van der Waals surface area contributed by atoms with Crippen molar-refractivity contribution < 1.29 is 18.0 Å². The first-order valence-corrected chi connectivity index (χ1v) is 5.08. The quantitative estimate of drug-likeness (QED) is 0.635. The second-order valence-corrected chi connectivity index (χ2v) is 3.66. The van der Waals surface area contributed by atoms with Crippen molar-refractivity contribution in [2.45, 2.75) is 12.6 Å². The first-order chi connectivity index (χ1) is 8.35. The van der Waals surface area contributed by atoms with Crippen LogP contribution in [0.15, 0.2) is 18.5 Å². The van der Waals surface area contributed by atoms with E-state index in [1.807, 2.05) is 0 Å². The monoisotopic (exact) mass is 262 g/mol. The molecule has 1 aromatic heterocycles. The maximum absolute atomic E-state index is 12.0. The zero-order valence-electron chi connectivity index (χ0n) is 9.66. The molecule has 0 saturated carbocycles. The van der Waals surface area contributed by atoms with Crippen LogP contribution in [0, 0.1) is 0 Å². The number of alkyl halides is 3. The zero-order chi connectivity index (χ0) is 13.8. The van der Waals surface area contributed by atoms with Gasteiger partial charge in [0.15, 0.2) is 0 Å². The van der Waals surface area contributed by atoms with Crippen LogP contribution in [0.3, 0.4) is 0 Å². The van der Waals surface area contributed by atoms with E-state index < -0.39 is 25.0 Å². The predicted molar refractivity (Wildman–Crippen MR) is 59.7 cm³/mol. The SMILES string of the molecule is CN(CCC(F)(F)F)C(=O)c1cnccc1NN. The van der Waals surface area contributed by atoms with Crippen molar-refractivity contribution >= 4 is 11.6 Å². The average molecular weight is 262 g/mol. The number of nitrogens with two attached hydrogens (primary N) is 1. The van der Waals surface area contributed by atoms with Crippen LogP contribution in [0.25, 0.3) is 0 Å². The van der Waals surface area contributed by atoms with E-state index in [9.17, 15) is 18.0 Å². The van der Waals surface area contributed by atoms with Gasteiger partial charge in [-0.05, 0) is 6.07 Å². The highest BCUT2D eigenvalue weighted by molar-refractivity contribution is 5.99. The lowest BCUT2D eigenvalue weighted by molar-refractivity contribution is -0.136. The summed E-state index contributed by atoms with van der Waals surface area (Å²) in [6.07, 6.45) is -2.68. The summed E-state index contributed by atoms with van der Waals surface area (Å²) in [6, 6.07) is 1.46. The Kier molecular flexibility index (Phi) is 4.49. The Morgan fingerprint density at radius 3 is 2.78 bits per heavy atom. The van der Waals surface area contributed by atoms with E-state index in [2.05, 4.69) is 10.4 Å². The Balaban J connectivity index is 2.74. The minimum atomic E-state index is -4.29. The van der Waals surface area contributed by atoms with Crippen molar-refractivity contribution in [3.8, 4) is 0 Å². The molecule has 18 heavy (non-hydrogen) atoms. The highest BCUT2D eigenvalue weighted by atomic mass is 19.4. The van der Waals surface area contributed by atoms with Crippen molar-refractivity contribution in [1.82, 2.24) is 9.88 Å². The van der Waals surface area contributed by atoms with Crippen LogP contribution < -0.4 is 11.3 Å². The van der Waals surface area contributed by atoms with E-state index in [0.29, 0.717) is 5.69 Å². The molecular weight excluding hydrogens is 249 g/mol. The lowest BCUT2D eigenvalue weighted by Gasteiger charge is -2.19. The molecule has 100 valence electrons. The number of aromatic nitrogens is 1. The second-order valence-electron chi connectivity index (χ2n) is 3.66. The molecule has 8 heteroatoms. The summed E-state index contributed by atoms with van der Waals surface area (Å²) in [4.78, 5) is 16.6. The van der Waals surface area contributed by atoms with Crippen molar-refractivity contribution in [2.24, 2.45) is 5.84 Å². The predicted octanol–water partition coefficient (Wildman–Crippen LogP) is 1.39. The normalized spacial score (nSPS) is 11.2. The molecule has 0 aromatic carbocycles. The first-order valence-electron chi connectivity index (χ1n) is 5.08. The molecule has 0 fully saturated rings. The molecule has 0 saturated heterocycles. The molecule has 3 N–H and O–H groups in total. The minimum absolute atomic E-state index is 0.129. The third kappa shape index (κ3) is 3.88. The van der Waals surface area contributed by atoms with Gasteiger partial charge in [-0.1, -0.05) is 0 Å². The number of amides is 1. The number of hydrazine groups is 1. The highest BCUT2D eigenvalue weighted by Crippen LogP contribution is 2.20. The minimum Gasteiger partial charge on any atom is -0.341 e. The average Bonchev–Trinajstić information content (AvgIpc) is 2.34. The van der Waals surface area contributed by atoms with Gasteiger partial charge in [-0.2, -0.15) is 13.2 Å². The van der Waals surface area contributed by atoms with Gasteiger partial charge >= 0.3 is 6.18 Å². The van der Waals surface area contributed by atoms with E-state index in [-0.39, 0.29) is 5.56 Å². The standard InChI is InChI=1S/C10H13F3N4O/c1-17(5-3-10(11,12)13)9(18)7-6-15-4-2-8(7)16-14/h2,4,6H,3,5,14H2,1H3,(H,15,16). The Hall–Kier alpha value is -1.83. The maximum Gasteiger partial charge on any atom is 0.390 e. The van der Waals surface area contributed by atoms with Crippen LogP contribution in [-0.2, 0) is 0 Å². The van der Waals surface area contributed by atoms with Gasteiger partial charge < -0.3 is 10.3 Å². The Bertz CT molecular complexity index is 422. The molecule has 1 heterocycles. The van der Waals surface area contributed by atoms with E-state index >= 15 is 0 Å². The molecule has 0 spiro atoms. The van der Waals surface area contributed by atoms with Crippen molar-refractivity contribution in [1.29, 1.82) is 0 Å². The number of pyridine rings is 1. The molecule has 0 aliphatic carbocycles. The van der Waals surface area contributed by atoms with Gasteiger partial charge in [0, 0.05) is 26.0 Å². The van der Waals surface area contributed by atoms with Crippen molar-refractivity contribution in [3.63, 3.8) is 0 Å². The number of rotatable bonds is 4. The molecule has 1 aromatic rings. The lowest BCUT2D eigenvalue weighted by atomic mass is 10.2. The van der Waals surface area contributed by atoms with Crippen LogP contribution in [0.4, 0.5) is 18.9 Å². The number of nitrogen functional groups attached to an aromatic ring is 1. The first kappa shape index (κ1) is 14.2. The lowest BCUT2D eigenvalue weighted by Crippen LogP contribution is -2.31. The topological polar surface area (TPSA) is 71.2 Å². The number of nitrogens with one attached hydrogen (secondary N) is 1. The number of halogens is 3. The van der Waals surface area contributed by atoms with Gasteiger partial charge in [0.1, 0.15) is 0 Å². The molecule has 0 radical (unpaired) electrons. The largest absolute Gasteiger partial charge is 0.390 e. The molecule has 5 nitrogen and oxygen atoms in total. The van der Waals surface area contributed by atoms with E-state index in [4.69, 9.17) is 5.84 Å². The highest BCUT2D eigenvalue weighted by Gasteiger charge is 2.28. The maximum atomic E-state index is 12.0. The van der Waals surface area contributed by atoms with Gasteiger partial charge in [-0.25, -0.2) is 0 Å². The number of nitrogens with zero attached hydrogens (tertiary/aromatic N) is 2. The van der Waals surface area contributed by atoms with Crippen molar-refractivity contribution in [2.75, 3.05) is 19.0 Å². The number of anilines is 1. The van der Waals surface area contributed by atoms with Gasteiger partial charge in [0.2, 0.25) is 0 Å². The van der Waals surface area contributed by atoms with Gasteiger partial charge in [-0.15, -0.1) is 0 Å². The number of carbonyl (C=O) groups excluding carboxylic acids is 1. The summed E-state index contributed by atoms with van der Waals surface area (Å²) in [7, 11) is 1.29. The molecule has 1 amide bonds. The fourth-order valence-corrected chi connectivity index (χ4v) is 1.29. The smallest absolute Gasteiger partial charge is 0.341 e. The third-order valence-corrected chi connectivity index (χ3v) is 2.28. The van der Waals surface area contributed by atoms with E-state index in [1.165, 1.54) is 25.5 Å². The third-order valence-electron chi connectivity index (χ3n) is 2.28. The van der Waals surface area contributed by atoms with Gasteiger partial charge in [0.05, 0.1) is 17.7 Å². The molecule has 0 bridgehead atoms. The summed E-state index contributed by atoms with van der Waals surface area (Å²) >= 11 is 0. The Morgan fingerprint density at radius 2 is 2.22 bits per heavy atom. The fraction of sp³-hybridized carbons (Fsp3) is 0.400. The zero-order valence-corrected chi connectivity index (χ0v) is 9.66. The molecule has 0 aliphatic rings. The van der Waals surface area contributed by atoms with Crippen LogP contribution >= 0.6 is 0 Å². The van der Waals surface area contributed by atoms with Crippen LogP contribution in [-0.4, -0.2) is 35.6 Å². The Labute approximate surface area is 102 Å². The Morgan fingerprint density at radius 1 is 1.56 bits per heavy atom. The summed E-state index contributed by atoms with van der Waals surface area (Å²) in [5.41, 5.74) is 2.74. The van der Waals surface area contributed by atoms with Crippen molar-refractivity contribution in [3.05, 3.63) is 24.0 Å². The van der Waals surface area contributed by atoms with E-state index in [1.54, 1.807) is 0 Å². The second kappa shape index (κ2) is 5.67. The summed E-state index contributed by atoms with van der Waals surface area (Å²) in [6.45, 7) is -0.415. The molecular formula is C10H13F3N4O. The van der Waals surface area contributed by atoms with Gasteiger partial charge in [0.25, 0.3) is 5.91 Å². The van der Waals surface area contributed by atoms with E-state index in [0.717, 1.165) is 4.90 Å². The molecule has 0 unspecified atom stereocenters. The van der Waals surface area contributed by atoms with Gasteiger partial charge in [-0.3, -0.25) is 15.6 Å². The molecule has 0 aliphatic heterocycles. The van der Waals surface area contributed by atoms with Crippen LogP contribution in [0.2, 0.25) is 0 Å². The fourth-order valence-electron chi connectivity index (χ4n) is 1.29. The molecule has 1 rings (SSSR count). The summed E-state index contributed by atoms with van der Waals surface area (Å²) in [5.74, 6) is 4.63. The van der Waals surface area contributed by atoms with Crippen LogP contribution in [0.1, 0.15) is 16.8 Å². The summed E-state index contributed by atoms with van der Waals surface area (Å²) in [5, 5.41) is 0. The number of hydrogen-bond acceptors (Lipinski definition) is 4. The van der Waals surface area contributed by atoms with Crippen LogP contribution in [0.5, 0.6) is 0 Å². The number of carbonyl (C=O) groups is 1. The molecule has 0 atom stereocenters. The number of hydrogen-bond donors (Lipinski definition) is 2.